The lowest BCUT2D eigenvalue weighted by molar-refractivity contribution is 0.312. The van der Waals surface area contributed by atoms with Crippen molar-refractivity contribution in [2.45, 2.75) is 26.8 Å². The van der Waals surface area contributed by atoms with Gasteiger partial charge in [0.2, 0.25) is 0 Å². The van der Waals surface area contributed by atoms with Gasteiger partial charge in [-0.3, -0.25) is 0 Å². The highest BCUT2D eigenvalue weighted by atomic mass is 16.5. The van der Waals surface area contributed by atoms with E-state index in [0.717, 1.165) is 18.9 Å². The average molecular weight is 191 g/mol. The van der Waals surface area contributed by atoms with Gasteiger partial charge in [-0.1, -0.05) is 24.6 Å². The molecule has 0 saturated carbocycles. The third kappa shape index (κ3) is 1.50. The summed E-state index contributed by atoms with van der Waals surface area (Å²) in [6.07, 6.45) is 0. The number of rotatable bonds is 2. The minimum atomic E-state index is 0.383. The Morgan fingerprint density at radius 2 is 2.21 bits per heavy atom. The van der Waals surface area contributed by atoms with Gasteiger partial charge in [-0.25, -0.2) is 0 Å². The maximum atomic E-state index is 5.69. The molecule has 0 bridgehead atoms. The first-order valence-corrected chi connectivity index (χ1v) is 5.19. The highest BCUT2D eigenvalue weighted by Crippen LogP contribution is 2.35. The number of aryl methyl sites for hydroxylation is 2. The Kier molecular flexibility index (Phi) is 2.46. The number of benzene rings is 1. The largest absolute Gasteiger partial charge is 0.491 e. The summed E-state index contributed by atoms with van der Waals surface area (Å²) in [6.45, 7) is 8.13. The molecule has 0 aliphatic carbocycles. The van der Waals surface area contributed by atoms with Crippen LogP contribution in [-0.2, 0) is 0 Å². The molecule has 1 atom stereocenters. The van der Waals surface area contributed by atoms with Crippen molar-refractivity contribution in [3.63, 3.8) is 0 Å². The molecule has 2 heteroatoms. The van der Waals surface area contributed by atoms with Crippen LogP contribution in [0.15, 0.2) is 12.1 Å². The smallest absolute Gasteiger partial charge is 0.127 e. The molecule has 2 rings (SSSR count). The summed E-state index contributed by atoms with van der Waals surface area (Å²) in [5, 5.41) is 3.43. The number of hydrogen-bond donors (Lipinski definition) is 1. The van der Waals surface area contributed by atoms with Crippen LogP contribution in [0.5, 0.6) is 5.75 Å². The van der Waals surface area contributed by atoms with Crippen LogP contribution in [0.1, 0.15) is 29.7 Å². The van der Waals surface area contributed by atoms with Gasteiger partial charge in [0.15, 0.2) is 0 Å². The molecule has 1 aromatic rings. The van der Waals surface area contributed by atoms with Crippen LogP contribution in [0.2, 0.25) is 0 Å². The molecule has 76 valence electrons. The second-order valence-electron chi connectivity index (χ2n) is 3.92. The molecule has 1 unspecified atom stereocenters. The molecule has 14 heavy (non-hydrogen) atoms. The predicted octanol–water partition coefficient (Wildman–Crippen LogP) is 2.35. The van der Waals surface area contributed by atoms with E-state index in [9.17, 15) is 0 Å². The van der Waals surface area contributed by atoms with Gasteiger partial charge in [-0.2, -0.15) is 0 Å². The Bertz CT molecular complexity index is 346. The van der Waals surface area contributed by atoms with Crippen LogP contribution < -0.4 is 10.1 Å². The van der Waals surface area contributed by atoms with E-state index in [1.807, 2.05) is 0 Å². The quantitative estimate of drug-likeness (QED) is 0.774. The molecule has 0 saturated heterocycles. The molecule has 1 aliphatic heterocycles. The Hall–Kier alpha value is -1.02. The number of nitrogens with one attached hydrogen (secondary N) is 1. The van der Waals surface area contributed by atoms with E-state index in [-0.39, 0.29) is 0 Å². The van der Waals surface area contributed by atoms with E-state index in [2.05, 4.69) is 38.2 Å². The molecule has 0 spiro atoms. The molecule has 2 nitrogen and oxygen atoms in total. The summed E-state index contributed by atoms with van der Waals surface area (Å²) in [5.74, 6) is 1.08. The van der Waals surface area contributed by atoms with Crippen LogP contribution in [0, 0.1) is 13.8 Å². The van der Waals surface area contributed by atoms with Crippen molar-refractivity contribution in [2.75, 3.05) is 13.2 Å². The van der Waals surface area contributed by atoms with Gasteiger partial charge in [-0.05, 0) is 26.0 Å². The Morgan fingerprint density at radius 1 is 1.43 bits per heavy atom. The first-order chi connectivity index (χ1) is 6.72. The molecule has 0 fully saturated rings. The average Bonchev–Trinajstić information content (AvgIpc) is 2.49. The Morgan fingerprint density at radius 3 is 2.93 bits per heavy atom. The fraction of sp³-hybridized carbons (Fsp3) is 0.500. The number of likely N-dealkylation sites (N-methyl/N-ethyl adjacent to an activating group) is 1. The first kappa shape index (κ1) is 9.53. The minimum Gasteiger partial charge on any atom is -0.491 e. The first-order valence-electron chi connectivity index (χ1n) is 5.19. The summed E-state index contributed by atoms with van der Waals surface area (Å²) in [7, 11) is 0. The molecule has 0 aromatic heterocycles. The molecule has 0 radical (unpaired) electrons. The Balaban J connectivity index is 2.38. The van der Waals surface area contributed by atoms with E-state index in [1.165, 1.54) is 16.7 Å². The third-order valence-electron chi connectivity index (χ3n) is 2.67. The van der Waals surface area contributed by atoms with Crippen molar-refractivity contribution in [3.8, 4) is 5.75 Å². The molecule has 0 amide bonds. The second kappa shape index (κ2) is 3.62. The van der Waals surface area contributed by atoms with Crippen molar-refractivity contribution in [2.24, 2.45) is 0 Å². The van der Waals surface area contributed by atoms with Gasteiger partial charge < -0.3 is 10.1 Å². The lowest BCUT2D eigenvalue weighted by atomic mass is 10.0. The van der Waals surface area contributed by atoms with E-state index < -0.39 is 0 Å². The van der Waals surface area contributed by atoms with Crippen molar-refractivity contribution in [1.29, 1.82) is 0 Å². The lowest BCUT2D eigenvalue weighted by Crippen LogP contribution is -2.21. The fourth-order valence-corrected chi connectivity index (χ4v) is 2.11. The minimum absolute atomic E-state index is 0.383. The van der Waals surface area contributed by atoms with E-state index in [0.29, 0.717) is 6.04 Å². The van der Waals surface area contributed by atoms with Gasteiger partial charge in [0.1, 0.15) is 12.4 Å². The highest BCUT2D eigenvalue weighted by Gasteiger charge is 2.24. The van der Waals surface area contributed by atoms with Crippen molar-refractivity contribution in [3.05, 3.63) is 28.8 Å². The maximum absolute atomic E-state index is 5.69. The van der Waals surface area contributed by atoms with Gasteiger partial charge >= 0.3 is 0 Å². The predicted molar refractivity (Wildman–Crippen MR) is 57.8 cm³/mol. The summed E-state index contributed by atoms with van der Waals surface area (Å²) < 4.78 is 5.69. The third-order valence-corrected chi connectivity index (χ3v) is 2.67. The van der Waals surface area contributed by atoms with Crippen molar-refractivity contribution in [1.82, 2.24) is 5.32 Å². The van der Waals surface area contributed by atoms with Crippen LogP contribution in [0.4, 0.5) is 0 Å². The zero-order valence-corrected chi connectivity index (χ0v) is 9.05. The number of hydrogen-bond acceptors (Lipinski definition) is 2. The fourth-order valence-electron chi connectivity index (χ4n) is 2.11. The van der Waals surface area contributed by atoms with E-state index >= 15 is 0 Å². The zero-order chi connectivity index (χ0) is 10.1. The van der Waals surface area contributed by atoms with Crippen LogP contribution in [0.3, 0.4) is 0 Å². The van der Waals surface area contributed by atoms with Crippen LogP contribution in [0.25, 0.3) is 0 Å². The monoisotopic (exact) mass is 191 g/mol. The molecular weight excluding hydrogens is 174 g/mol. The number of ether oxygens (including phenoxy) is 1. The van der Waals surface area contributed by atoms with Gasteiger partial charge in [0.05, 0.1) is 6.04 Å². The topological polar surface area (TPSA) is 21.3 Å². The molecular formula is C12H17NO. The lowest BCUT2D eigenvalue weighted by Gasteiger charge is -2.10. The second-order valence-corrected chi connectivity index (χ2v) is 3.92. The maximum Gasteiger partial charge on any atom is 0.127 e. The van der Waals surface area contributed by atoms with Crippen molar-refractivity contribution >= 4 is 0 Å². The molecule has 1 N–H and O–H groups in total. The molecule has 1 aromatic carbocycles. The summed E-state index contributed by atoms with van der Waals surface area (Å²) in [4.78, 5) is 0. The summed E-state index contributed by atoms with van der Waals surface area (Å²) >= 11 is 0. The normalized spacial score (nSPS) is 19.2. The van der Waals surface area contributed by atoms with E-state index in [4.69, 9.17) is 4.74 Å². The van der Waals surface area contributed by atoms with Gasteiger partial charge in [0.25, 0.3) is 0 Å². The van der Waals surface area contributed by atoms with Crippen molar-refractivity contribution < 1.29 is 4.74 Å². The zero-order valence-electron chi connectivity index (χ0n) is 9.05. The SMILES string of the molecule is CCNC1COc2c(C)cc(C)cc21. The highest BCUT2D eigenvalue weighted by molar-refractivity contribution is 5.47. The molecule has 1 heterocycles. The molecule has 1 aliphatic rings. The standard InChI is InChI=1S/C12H17NO/c1-4-13-11-7-14-12-9(3)5-8(2)6-10(11)12/h5-6,11,13H,4,7H2,1-3H3. The number of fused-ring (bicyclic) bond motifs is 1. The van der Waals surface area contributed by atoms with Gasteiger partial charge in [-0.15, -0.1) is 0 Å². The summed E-state index contributed by atoms with van der Waals surface area (Å²) in [5.41, 5.74) is 3.89. The summed E-state index contributed by atoms with van der Waals surface area (Å²) in [6, 6.07) is 4.78. The van der Waals surface area contributed by atoms with E-state index in [1.54, 1.807) is 0 Å². The van der Waals surface area contributed by atoms with Crippen LogP contribution >= 0.6 is 0 Å². The Labute approximate surface area is 85.3 Å². The van der Waals surface area contributed by atoms with Crippen LogP contribution in [-0.4, -0.2) is 13.2 Å². The van der Waals surface area contributed by atoms with Gasteiger partial charge in [0, 0.05) is 5.56 Å².